The SMILES string of the molecule is CC(C)(C)c1ccc(CNc2ccc(Cl)cc2C(=O)NC(Cc2ccc(-c3ccccc3OCc3ccccc3)cc2)C(=O)O)cc1. The summed E-state index contributed by atoms with van der Waals surface area (Å²) in [6.07, 6.45) is 0.108. The van der Waals surface area contributed by atoms with E-state index in [4.69, 9.17) is 16.3 Å². The van der Waals surface area contributed by atoms with Gasteiger partial charge in [0.25, 0.3) is 5.91 Å². The number of anilines is 1. The number of amides is 1. The van der Waals surface area contributed by atoms with E-state index in [1.807, 2.05) is 78.9 Å². The van der Waals surface area contributed by atoms with Gasteiger partial charge in [-0.2, -0.15) is 0 Å². The first-order valence-corrected chi connectivity index (χ1v) is 16.0. The molecule has 1 unspecified atom stereocenters. The van der Waals surface area contributed by atoms with Gasteiger partial charge in [-0.05, 0) is 57.5 Å². The lowest BCUT2D eigenvalue weighted by Crippen LogP contribution is -2.42. The van der Waals surface area contributed by atoms with E-state index in [-0.39, 0.29) is 17.4 Å². The molecule has 1 atom stereocenters. The number of rotatable bonds is 12. The highest BCUT2D eigenvalue weighted by Gasteiger charge is 2.23. The summed E-state index contributed by atoms with van der Waals surface area (Å²) in [6.45, 7) is 7.44. The normalized spacial score (nSPS) is 11.8. The number of carbonyl (C=O) groups is 2. The lowest BCUT2D eigenvalue weighted by atomic mass is 9.87. The molecule has 5 aromatic rings. The number of ether oxygens (including phenoxy) is 1. The lowest BCUT2D eigenvalue weighted by Gasteiger charge is -2.19. The van der Waals surface area contributed by atoms with Crippen LogP contribution in [0.5, 0.6) is 5.75 Å². The lowest BCUT2D eigenvalue weighted by molar-refractivity contribution is -0.139. The molecule has 3 N–H and O–H groups in total. The smallest absolute Gasteiger partial charge is 0.326 e. The molecule has 5 aromatic carbocycles. The molecular formula is C40H39ClN2O4. The average molecular weight is 647 g/mol. The topological polar surface area (TPSA) is 87.7 Å². The Bertz CT molecular complexity index is 1810. The van der Waals surface area contributed by atoms with E-state index in [9.17, 15) is 14.7 Å². The van der Waals surface area contributed by atoms with Crippen LogP contribution in [0.4, 0.5) is 5.69 Å². The minimum atomic E-state index is -1.15. The molecule has 6 nitrogen and oxygen atoms in total. The maximum absolute atomic E-state index is 13.4. The number of benzene rings is 5. The minimum absolute atomic E-state index is 0.0547. The van der Waals surface area contributed by atoms with Crippen molar-refractivity contribution in [3.05, 3.63) is 154 Å². The van der Waals surface area contributed by atoms with Crippen LogP contribution in [0.3, 0.4) is 0 Å². The van der Waals surface area contributed by atoms with Gasteiger partial charge in [0.05, 0.1) is 5.56 Å². The Balaban J connectivity index is 1.25. The zero-order valence-corrected chi connectivity index (χ0v) is 27.6. The Morgan fingerprint density at radius 3 is 2.13 bits per heavy atom. The Labute approximate surface area is 281 Å². The van der Waals surface area contributed by atoms with Gasteiger partial charge in [-0.25, -0.2) is 4.79 Å². The van der Waals surface area contributed by atoms with Crippen LogP contribution < -0.4 is 15.4 Å². The van der Waals surface area contributed by atoms with E-state index in [1.165, 1.54) is 5.56 Å². The van der Waals surface area contributed by atoms with Crippen LogP contribution in [0, 0.1) is 0 Å². The van der Waals surface area contributed by atoms with Crippen molar-refractivity contribution < 1.29 is 19.4 Å². The molecule has 0 saturated heterocycles. The van der Waals surface area contributed by atoms with E-state index in [1.54, 1.807) is 18.2 Å². The number of carboxylic acid groups (broad SMARTS) is 1. The third-order valence-electron chi connectivity index (χ3n) is 7.96. The van der Waals surface area contributed by atoms with Crippen molar-refractivity contribution in [1.29, 1.82) is 0 Å². The molecule has 5 rings (SSSR count). The van der Waals surface area contributed by atoms with E-state index in [0.717, 1.165) is 33.6 Å². The highest BCUT2D eigenvalue weighted by atomic mass is 35.5. The molecule has 0 aliphatic heterocycles. The van der Waals surface area contributed by atoms with Gasteiger partial charge >= 0.3 is 5.97 Å². The number of aliphatic carboxylic acids is 1. The van der Waals surface area contributed by atoms with Crippen molar-refractivity contribution in [2.24, 2.45) is 0 Å². The molecule has 0 bridgehead atoms. The van der Waals surface area contributed by atoms with Crippen molar-refractivity contribution in [2.45, 2.75) is 51.8 Å². The first-order valence-electron chi connectivity index (χ1n) is 15.6. The summed E-state index contributed by atoms with van der Waals surface area (Å²) in [4.78, 5) is 25.7. The summed E-state index contributed by atoms with van der Waals surface area (Å²) in [5.41, 5.74) is 6.90. The molecule has 0 radical (unpaired) electrons. The van der Waals surface area contributed by atoms with E-state index >= 15 is 0 Å². The third-order valence-corrected chi connectivity index (χ3v) is 8.20. The average Bonchev–Trinajstić information content (AvgIpc) is 3.07. The van der Waals surface area contributed by atoms with Gasteiger partial charge in [-0.15, -0.1) is 0 Å². The van der Waals surface area contributed by atoms with Gasteiger partial charge in [-0.1, -0.05) is 129 Å². The van der Waals surface area contributed by atoms with Crippen LogP contribution in [0.15, 0.2) is 121 Å². The predicted octanol–water partition coefficient (Wildman–Crippen LogP) is 8.92. The molecule has 0 aliphatic carbocycles. The van der Waals surface area contributed by atoms with Gasteiger partial charge in [0.2, 0.25) is 0 Å². The van der Waals surface area contributed by atoms with Crippen molar-refractivity contribution in [3.8, 4) is 16.9 Å². The summed E-state index contributed by atoms with van der Waals surface area (Å²) < 4.78 is 6.13. The molecule has 0 fully saturated rings. The first kappa shape index (κ1) is 33.3. The number of hydrogen-bond donors (Lipinski definition) is 3. The largest absolute Gasteiger partial charge is 0.488 e. The Hall–Kier alpha value is -5.07. The Kier molecular flexibility index (Phi) is 10.6. The maximum Gasteiger partial charge on any atom is 0.326 e. The van der Waals surface area contributed by atoms with Gasteiger partial charge in [0.1, 0.15) is 18.4 Å². The van der Waals surface area contributed by atoms with Crippen molar-refractivity contribution >= 4 is 29.2 Å². The zero-order valence-electron chi connectivity index (χ0n) is 26.8. The second-order valence-electron chi connectivity index (χ2n) is 12.5. The van der Waals surface area contributed by atoms with Crippen LogP contribution >= 0.6 is 11.6 Å². The summed E-state index contributed by atoms with van der Waals surface area (Å²) in [5.74, 6) is -0.892. The summed E-state index contributed by atoms with van der Waals surface area (Å²) in [5, 5.41) is 16.4. The monoisotopic (exact) mass is 646 g/mol. The Morgan fingerprint density at radius 1 is 0.787 bits per heavy atom. The summed E-state index contributed by atoms with van der Waals surface area (Å²) >= 11 is 6.26. The second kappa shape index (κ2) is 15.0. The van der Waals surface area contributed by atoms with Gasteiger partial charge in [0.15, 0.2) is 0 Å². The van der Waals surface area contributed by atoms with Crippen LogP contribution in [-0.4, -0.2) is 23.0 Å². The summed E-state index contributed by atoms with van der Waals surface area (Å²) in [6, 6.07) is 37.6. The molecule has 0 saturated carbocycles. The molecule has 47 heavy (non-hydrogen) atoms. The number of hydrogen-bond acceptors (Lipinski definition) is 4. The molecule has 240 valence electrons. The third kappa shape index (κ3) is 9.02. The first-order chi connectivity index (χ1) is 22.6. The highest BCUT2D eigenvalue weighted by molar-refractivity contribution is 6.31. The zero-order chi connectivity index (χ0) is 33.4. The highest BCUT2D eigenvalue weighted by Crippen LogP contribution is 2.31. The fraction of sp³-hybridized carbons (Fsp3) is 0.200. The molecule has 1 amide bonds. The van der Waals surface area contributed by atoms with Crippen molar-refractivity contribution in [3.63, 3.8) is 0 Å². The number of halogens is 1. The number of para-hydroxylation sites is 1. The van der Waals surface area contributed by atoms with Gasteiger partial charge in [0, 0.05) is 29.2 Å². The predicted molar refractivity (Wildman–Crippen MR) is 189 cm³/mol. The van der Waals surface area contributed by atoms with Gasteiger partial charge in [-0.3, -0.25) is 4.79 Å². The fourth-order valence-corrected chi connectivity index (χ4v) is 5.41. The number of nitrogens with one attached hydrogen (secondary N) is 2. The quantitative estimate of drug-likeness (QED) is 0.126. The molecule has 7 heteroatoms. The van der Waals surface area contributed by atoms with E-state index in [2.05, 4.69) is 55.7 Å². The molecular weight excluding hydrogens is 608 g/mol. The molecule has 0 aromatic heterocycles. The number of carboxylic acids is 1. The Morgan fingerprint density at radius 2 is 1.45 bits per heavy atom. The second-order valence-corrected chi connectivity index (χ2v) is 13.0. The van der Waals surface area contributed by atoms with Crippen molar-refractivity contribution in [2.75, 3.05) is 5.32 Å². The van der Waals surface area contributed by atoms with Crippen LogP contribution in [0.25, 0.3) is 11.1 Å². The standard InChI is InChI=1S/C40H39ClN2O4/c1-40(2,3)31-19-15-28(16-20-31)25-42-35-22-21-32(41)24-34(35)38(44)43-36(39(45)46)23-27-13-17-30(18-14-27)33-11-7-8-12-37(33)47-26-29-9-5-4-6-10-29/h4-22,24,36,42H,23,25-26H2,1-3H3,(H,43,44)(H,45,46). The molecule has 0 heterocycles. The fourth-order valence-electron chi connectivity index (χ4n) is 5.24. The van der Waals surface area contributed by atoms with Crippen molar-refractivity contribution in [1.82, 2.24) is 5.32 Å². The van der Waals surface area contributed by atoms with Crippen LogP contribution in [0.2, 0.25) is 5.02 Å². The number of carbonyl (C=O) groups excluding carboxylic acids is 1. The van der Waals surface area contributed by atoms with Gasteiger partial charge < -0.3 is 20.5 Å². The maximum atomic E-state index is 13.4. The molecule has 0 aliphatic rings. The minimum Gasteiger partial charge on any atom is -0.488 e. The van der Waals surface area contributed by atoms with E-state index in [0.29, 0.717) is 23.9 Å². The summed E-state index contributed by atoms with van der Waals surface area (Å²) in [7, 11) is 0. The van der Waals surface area contributed by atoms with Crippen LogP contribution in [-0.2, 0) is 29.8 Å². The van der Waals surface area contributed by atoms with Crippen LogP contribution in [0.1, 0.15) is 53.4 Å². The van der Waals surface area contributed by atoms with E-state index < -0.39 is 17.9 Å². The molecule has 0 spiro atoms.